The van der Waals surface area contributed by atoms with E-state index >= 15 is 0 Å². The Kier molecular flexibility index (Phi) is 4.52. The summed E-state index contributed by atoms with van der Waals surface area (Å²) in [6.07, 6.45) is 0.946. The highest BCUT2D eigenvalue weighted by molar-refractivity contribution is 5.82. The van der Waals surface area contributed by atoms with Crippen LogP contribution in [0.3, 0.4) is 0 Å². The number of benzene rings is 1. The molecule has 19 heavy (non-hydrogen) atoms. The van der Waals surface area contributed by atoms with Gasteiger partial charge in [0.1, 0.15) is 23.2 Å². The first-order chi connectivity index (χ1) is 9.17. The number of hydrazine groups is 1. The molecule has 0 aliphatic carbocycles. The molecule has 2 rings (SSSR count). The second-order valence-corrected chi connectivity index (χ2v) is 4.53. The highest BCUT2D eigenvalue weighted by Gasteiger charge is 2.19. The van der Waals surface area contributed by atoms with Gasteiger partial charge in [-0.25, -0.2) is 9.82 Å². The Morgan fingerprint density at radius 1 is 1.47 bits per heavy atom. The van der Waals surface area contributed by atoms with E-state index in [4.69, 9.17) is 15.0 Å². The Labute approximate surface area is 111 Å². The van der Waals surface area contributed by atoms with Gasteiger partial charge in [-0.1, -0.05) is 6.92 Å². The summed E-state index contributed by atoms with van der Waals surface area (Å²) in [6, 6.07) is 4.25. The molecule has 0 fully saturated rings. The number of ether oxygens (including phenoxy) is 1. The lowest BCUT2D eigenvalue weighted by Gasteiger charge is -2.14. The fraction of sp³-hybridized carbons (Fsp3) is 0.429. The molecule has 5 heteroatoms. The molecule has 0 radical (unpaired) electrons. The van der Waals surface area contributed by atoms with Gasteiger partial charge >= 0.3 is 0 Å². The van der Waals surface area contributed by atoms with Gasteiger partial charge in [0, 0.05) is 17.6 Å². The predicted octanol–water partition coefficient (Wildman–Crippen LogP) is 2.81. The van der Waals surface area contributed by atoms with E-state index in [0.29, 0.717) is 24.6 Å². The van der Waals surface area contributed by atoms with Crippen molar-refractivity contribution in [1.29, 1.82) is 0 Å². The smallest absolute Gasteiger partial charge is 0.134 e. The molecule has 1 unspecified atom stereocenters. The first-order valence-corrected chi connectivity index (χ1v) is 6.39. The molecule has 1 aromatic heterocycles. The lowest BCUT2D eigenvalue weighted by atomic mass is 10.1. The molecule has 1 heterocycles. The summed E-state index contributed by atoms with van der Waals surface area (Å²) < 4.78 is 24.5. The monoisotopic (exact) mass is 266 g/mol. The maximum atomic E-state index is 13.3. The molecule has 0 aliphatic rings. The third-order valence-corrected chi connectivity index (χ3v) is 3.09. The quantitative estimate of drug-likeness (QED) is 0.479. The van der Waals surface area contributed by atoms with Crippen molar-refractivity contribution in [3.8, 4) is 0 Å². The van der Waals surface area contributed by atoms with E-state index in [1.54, 1.807) is 6.07 Å². The zero-order chi connectivity index (χ0) is 13.8. The van der Waals surface area contributed by atoms with Crippen LogP contribution in [0, 0.1) is 12.7 Å². The van der Waals surface area contributed by atoms with Gasteiger partial charge in [-0.15, -0.1) is 0 Å². The van der Waals surface area contributed by atoms with Crippen molar-refractivity contribution < 1.29 is 13.5 Å². The van der Waals surface area contributed by atoms with Crippen LogP contribution in [0.15, 0.2) is 22.6 Å². The van der Waals surface area contributed by atoms with E-state index in [2.05, 4.69) is 5.43 Å². The molecule has 104 valence electrons. The van der Waals surface area contributed by atoms with Crippen LogP contribution in [0.4, 0.5) is 4.39 Å². The van der Waals surface area contributed by atoms with Gasteiger partial charge in [0.25, 0.3) is 0 Å². The summed E-state index contributed by atoms with van der Waals surface area (Å²) in [5.41, 5.74) is 4.22. The summed E-state index contributed by atoms with van der Waals surface area (Å²) >= 11 is 0. The summed E-state index contributed by atoms with van der Waals surface area (Å²) in [5, 5.41) is 0.769. The lowest BCUT2D eigenvalue weighted by molar-refractivity contribution is 0.106. The normalized spacial score (nSPS) is 13.1. The van der Waals surface area contributed by atoms with Gasteiger partial charge in [0.2, 0.25) is 0 Å². The molecule has 0 saturated carbocycles. The van der Waals surface area contributed by atoms with Gasteiger partial charge in [-0.05, 0) is 31.5 Å². The van der Waals surface area contributed by atoms with Crippen LogP contribution in [0.1, 0.15) is 30.7 Å². The number of fused-ring (bicyclic) bond motifs is 1. The number of furan rings is 1. The fourth-order valence-corrected chi connectivity index (χ4v) is 2.09. The number of hydrogen-bond acceptors (Lipinski definition) is 4. The van der Waals surface area contributed by atoms with Crippen LogP contribution < -0.4 is 11.3 Å². The fourth-order valence-electron chi connectivity index (χ4n) is 2.09. The molecular formula is C14H19FN2O2. The minimum absolute atomic E-state index is 0.234. The number of halogens is 1. The van der Waals surface area contributed by atoms with E-state index in [9.17, 15) is 4.39 Å². The Morgan fingerprint density at radius 2 is 2.26 bits per heavy atom. The number of nitrogens with two attached hydrogens (primary N) is 1. The van der Waals surface area contributed by atoms with Crippen molar-refractivity contribution >= 4 is 11.0 Å². The summed E-state index contributed by atoms with van der Waals surface area (Å²) in [6.45, 7) is 5.03. The van der Waals surface area contributed by atoms with Crippen molar-refractivity contribution in [2.75, 3.05) is 13.2 Å². The highest BCUT2D eigenvalue weighted by Crippen LogP contribution is 2.29. The SMILES string of the molecule is CCCOCC(NN)c1oc2ccc(F)cc2c1C. The maximum absolute atomic E-state index is 13.3. The van der Waals surface area contributed by atoms with Crippen LogP contribution in [-0.4, -0.2) is 13.2 Å². The van der Waals surface area contributed by atoms with Crippen molar-refractivity contribution in [2.24, 2.45) is 5.84 Å². The molecule has 0 aliphatic heterocycles. The summed E-state index contributed by atoms with van der Waals surface area (Å²) in [7, 11) is 0. The third kappa shape index (κ3) is 2.94. The molecule has 3 N–H and O–H groups in total. The van der Waals surface area contributed by atoms with Crippen LogP contribution in [0.5, 0.6) is 0 Å². The molecule has 4 nitrogen and oxygen atoms in total. The van der Waals surface area contributed by atoms with Gasteiger partial charge in [-0.3, -0.25) is 5.84 Å². The number of aryl methyl sites for hydroxylation is 1. The number of nitrogens with one attached hydrogen (secondary N) is 1. The minimum Gasteiger partial charge on any atom is -0.459 e. The molecule has 2 aromatic rings. The van der Waals surface area contributed by atoms with Crippen molar-refractivity contribution in [3.05, 3.63) is 35.3 Å². The highest BCUT2D eigenvalue weighted by atomic mass is 19.1. The Hall–Kier alpha value is -1.43. The molecule has 0 amide bonds. The largest absolute Gasteiger partial charge is 0.459 e. The zero-order valence-corrected chi connectivity index (χ0v) is 11.2. The van der Waals surface area contributed by atoms with E-state index in [0.717, 1.165) is 17.4 Å². The van der Waals surface area contributed by atoms with Crippen LogP contribution in [0.2, 0.25) is 0 Å². The maximum Gasteiger partial charge on any atom is 0.134 e. The van der Waals surface area contributed by atoms with Gasteiger partial charge in [-0.2, -0.15) is 0 Å². The molecule has 0 bridgehead atoms. The zero-order valence-electron chi connectivity index (χ0n) is 11.2. The average Bonchev–Trinajstić information content (AvgIpc) is 2.72. The van der Waals surface area contributed by atoms with E-state index in [1.165, 1.54) is 12.1 Å². The number of hydrogen-bond donors (Lipinski definition) is 2. The second kappa shape index (κ2) is 6.14. The predicted molar refractivity (Wildman–Crippen MR) is 72.1 cm³/mol. The van der Waals surface area contributed by atoms with Crippen molar-refractivity contribution in [2.45, 2.75) is 26.3 Å². The van der Waals surface area contributed by atoms with Crippen LogP contribution in [0.25, 0.3) is 11.0 Å². The minimum atomic E-state index is -0.276. The molecule has 1 aromatic carbocycles. The van der Waals surface area contributed by atoms with E-state index in [-0.39, 0.29) is 11.9 Å². The Morgan fingerprint density at radius 3 is 2.95 bits per heavy atom. The molecular weight excluding hydrogens is 247 g/mol. The van der Waals surface area contributed by atoms with E-state index < -0.39 is 0 Å². The summed E-state index contributed by atoms with van der Waals surface area (Å²) in [5.74, 6) is 5.96. The Bertz CT molecular complexity index is 554. The van der Waals surface area contributed by atoms with Crippen LogP contribution in [-0.2, 0) is 4.74 Å². The van der Waals surface area contributed by atoms with Crippen molar-refractivity contribution in [1.82, 2.24) is 5.43 Å². The lowest BCUT2D eigenvalue weighted by Crippen LogP contribution is -2.31. The summed E-state index contributed by atoms with van der Waals surface area (Å²) in [4.78, 5) is 0. The second-order valence-electron chi connectivity index (χ2n) is 4.53. The first-order valence-electron chi connectivity index (χ1n) is 6.39. The van der Waals surface area contributed by atoms with E-state index in [1.807, 2.05) is 13.8 Å². The number of rotatable bonds is 6. The molecule has 0 spiro atoms. The third-order valence-electron chi connectivity index (χ3n) is 3.09. The molecule has 1 atom stereocenters. The van der Waals surface area contributed by atoms with Crippen LogP contribution >= 0.6 is 0 Å². The topological polar surface area (TPSA) is 60.4 Å². The Balaban J connectivity index is 2.29. The molecule has 0 saturated heterocycles. The first kappa shape index (κ1) is 14.0. The average molecular weight is 266 g/mol. The van der Waals surface area contributed by atoms with Crippen molar-refractivity contribution in [3.63, 3.8) is 0 Å². The van der Waals surface area contributed by atoms with Gasteiger partial charge in [0.15, 0.2) is 0 Å². The van der Waals surface area contributed by atoms with Gasteiger partial charge < -0.3 is 9.15 Å². The standard InChI is InChI=1S/C14H19FN2O2/c1-3-6-18-8-12(17-16)14-9(2)11-7-10(15)4-5-13(11)19-14/h4-5,7,12,17H,3,6,8,16H2,1-2H3. The van der Waals surface area contributed by atoms with Gasteiger partial charge in [0.05, 0.1) is 6.61 Å².